The summed E-state index contributed by atoms with van der Waals surface area (Å²) in [5, 5.41) is 11.0. The first-order valence-electron chi connectivity index (χ1n) is 13.8. The molecule has 8 rings (SSSR count). The summed E-state index contributed by atoms with van der Waals surface area (Å²) in [6.07, 6.45) is -4.38. The monoisotopic (exact) mass is 552 g/mol. The Morgan fingerprint density at radius 2 is 0.976 bits per heavy atom. The highest BCUT2D eigenvalue weighted by atomic mass is 19.4. The number of halogens is 3. The Bertz CT molecular complexity index is 2260. The van der Waals surface area contributed by atoms with Crippen LogP contribution in [0.5, 0.6) is 5.75 Å². The first kappa shape index (κ1) is 24.7. The van der Waals surface area contributed by atoms with Gasteiger partial charge in [0.25, 0.3) is 0 Å². The summed E-state index contributed by atoms with van der Waals surface area (Å²) in [4.78, 5) is 0. The van der Waals surface area contributed by atoms with E-state index in [9.17, 15) is 13.2 Å². The maximum Gasteiger partial charge on any atom is 0.416 e. The van der Waals surface area contributed by atoms with E-state index >= 15 is 0 Å². The number of benzene rings is 8. The minimum absolute atomic E-state index is 0.651. The number of alkyl halides is 3. The van der Waals surface area contributed by atoms with Crippen molar-refractivity contribution in [1.82, 2.24) is 0 Å². The van der Waals surface area contributed by atoms with Crippen molar-refractivity contribution in [3.63, 3.8) is 0 Å². The van der Waals surface area contributed by atoms with Gasteiger partial charge in [-0.3, -0.25) is 0 Å². The maximum absolute atomic E-state index is 13.4. The number of rotatable bonds is 3. The van der Waals surface area contributed by atoms with Crippen LogP contribution >= 0.6 is 0 Å². The molecular weight excluding hydrogens is 529 g/mol. The second kappa shape index (κ2) is 8.95. The van der Waals surface area contributed by atoms with Crippen LogP contribution in [-0.2, 0) is 6.18 Å². The van der Waals surface area contributed by atoms with Crippen molar-refractivity contribution < 1.29 is 17.9 Å². The van der Waals surface area contributed by atoms with Gasteiger partial charge in [-0.2, -0.15) is 13.2 Å². The highest BCUT2D eigenvalue weighted by Gasteiger charge is 2.30. The van der Waals surface area contributed by atoms with Gasteiger partial charge in [0.05, 0.1) is 12.7 Å². The second-order valence-electron chi connectivity index (χ2n) is 10.7. The highest BCUT2D eigenvalue weighted by molar-refractivity contribution is 6.29. The van der Waals surface area contributed by atoms with Gasteiger partial charge in [0.2, 0.25) is 0 Å². The van der Waals surface area contributed by atoms with Crippen molar-refractivity contribution in [2.24, 2.45) is 0 Å². The Hall–Kier alpha value is -5.09. The SMILES string of the molecule is COc1ccc2ccc3c(-c4c5ccccc5c(-c5ccc(C(F)(F)F)cc5)c5ccccc45)ccc4ccc1c2c43. The second-order valence-corrected chi connectivity index (χ2v) is 10.7. The van der Waals surface area contributed by atoms with Crippen LogP contribution in [0.15, 0.2) is 121 Å². The van der Waals surface area contributed by atoms with E-state index in [1.54, 1.807) is 19.2 Å². The van der Waals surface area contributed by atoms with E-state index in [0.29, 0.717) is 0 Å². The molecule has 0 aliphatic rings. The molecule has 0 fully saturated rings. The zero-order valence-electron chi connectivity index (χ0n) is 22.6. The molecule has 0 unspecified atom stereocenters. The van der Waals surface area contributed by atoms with E-state index in [0.717, 1.165) is 71.1 Å². The fourth-order valence-electron chi connectivity index (χ4n) is 6.73. The Balaban J connectivity index is 1.49. The predicted octanol–water partition coefficient (Wildman–Crippen LogP) is 11.3. The van der Waals surface area contributed by atoms with Crippen LogP contribution in [-0.4, -0.2) is 7.11 Å². The fourth-order valence-corrected chi connectivity index (χ4v) is 6.73. The summed E-state index contributed by atoms with van der Waals surface area (Å²) in [5.74, 6) is 0.846. The Labute approximate surface area is 239 Å². The van der Waals surface area contributed by atoms with Crippen molar-refractivity contribution in [3.05, 3.63) is 127 Å². The average molecular weight is 553 g/mol. The molecular formula is C38H23F3O. The van der Waals surface area contributed by atoms with E-state index < -0.39 is 11.7 Å². The standard InChI is InChI=1S/C38H23F3O/c1-42-33-21-15-24-12-18-30-31(19-13-23-14-20-32(33)36(24)35(23)30)37-28-8-4-2-6-26(28)34(27-7-3-5-9-29(27)37)22-10-16-25(17-11-22)38(39,40)41/h2-21H,1H3. The summed E-state index contributed by atoms with van der Waals surface area (Å²) >= 11 is 0. The van der Waals surface area contributed by atoms with Crippen molar-refractivity contribution in [2.75, 3.05) is 7.11 Å². The van der Waals surface area contributed by atoms with Gasteiger partial charge < -0.3 is 4.74 Å². The number of hydrogen-bond acceptors (Lipinski definition) is 1. The van der Waals surface area contributed by atoms with Gasteiger partial charge in [0, 0.05) is 10.8 Å². The minimum atomic E-state index is -4.38. The molecule has 0 amide bonds. The molecule has 0 saturated carbocycles. The molecule has 0 aliphatic carbocycles. The third kappa shape index (κ3) is 3.51. The lowest BCUT2D eigenvalue weighted by atomic mass is 9.83. The molecule has 1 nitrogen and oxygen atoms in total. The van der Waals surface area contributed by atoms with Crippen molar-refractivity contribution >= 4 is 53.9 Å². The van der Waals surface area contributed by atoms with Gasteiger partial charge >= 0.3 is 6.18 Å². The van der Waals surface area contributed by atoms with Crippen LogP contribution in [0.1, 0.15) is 5.56 Å². The van der Waals surface area contributed by atoms with E-state index in [4.69, 9.17) is 4.74 Å². The topological polar surface area (TPSA) is 9.23 Å². The van der Waals surface area contributed by atoms with E-state index in [-0.39, 0.29) is 0 Å². The first-order valence-corrected chi connectivity index (χ1v) is 13.8. The van der Waals surface area contributed by atoms with Crippen molar-refractivity contribution in [3.8, 4) is 28.0 Å². The zero-order chi connectivity index (χ0) is 28.6. The summed E-state index contributed by atoms with van der Waals surface area (Å²) < 4.78 is 45.9. The van der Waals surface area contributed by atoms with Gasteiger partial charge in [-0.25, -0.2) is 0 Å². The summed E-state index contributed by atoms with van der Waals surface area (Å²) in [6, 6.07) is 39.1. The molecule has 0 saturated heterocycles. The van der Waals surface area contributed by atoms with Gasteiger partial charge in [0.15, 0.2) is 0 Å². The lowest BCUT2D eigenvalue weighted by Crippen LogP contribution is -2.04. The van der Waals surface area contributed by atoms with Crippen molar-refractivity contribution in [2.45, 2.75) is 6.18 Å². The van der Waals surface area contributed by atoms with Gasteiger partial charge in [0.1, 0.15) is 5.75 Å². The third-order valence-electron chi connectivity index (χ3n) is 8.55. The molecule has 0 N–H and O–H groups in total. The maximum atomic E-state index is 13.4. The Kier molecular flexibility index (Phi) is 5.26. The smallest absolute Gasteiger partial charge is 0.416 e. The van der Waals surface area contributed by atoms with E-state index in [1.165, 1.54) is 22.9 Å². The Morgan fingerprint density at radius 3 is 1.55 bits per heavy atom. The van der Waals surface area contributed by atoms with E-state index in [2.05, 4.69) is 66.7 Å². The minimum Gasteiger partial charge on any atom is -0.496 e. The molecule has 4 heteroatoms. The van der Waals surface area contributed by atoms with Crippen LogP contribution < -0.4 is 4.74 Å². The molecule has 8 aromatic carbocycles. The number of methoxy groups -OCH3 is 1. The molecule has 0 heterocycles. The predicted molar refractivity (Wildman–Crippen MR) is 168 cm³/mol. The quantitative estimate of drug-likeness (QED) is 0.156. The van der Waals surface area contributed by atoms with Crippen LogP contribution in [0.3, 0.4) is 0 Å². The normalized spacial score (nSPS) is 12.3. The van der Waals surface area contributed by atoms with Crippen molar-refractivity contribution in [1.29, 1.82) is 0 Å². The largest absolute Gasteiger partial charge is 0.496 e. The molecule has 42 heavy (non-hydrogen) atoms. The molecule has 202 valence electrons. The van der Waals surface area contributed by atoms with Crippen LogP contribution in [0.4, 0.5) is 13.2 Å². The molecule has 0 bridgehead atoms. The van der Waals surface area contributed by atoms with Crippen LogP contribution in [0.2, 0.25) is 0 Å². The number of hydrogen-bond donors (Lipinski definition) is 0. The lowest BCUT2D eigenvalue weighted by Gasteiger charge is -2.20. The number of ether oxygens (including phenoxy) is 1. The molecule has 0 aliphatic heterocycles. The zero-order valence-corrected chi connectivity index (χ0v) is 22.6. The summed E-state index contributed by atoms with van der Waals surface area (Å²) in [6.45, 7) is 0. The molecule has 0 radical (unpaired) electrons. The van der Waals surface area contributed by atoms with Crippen LogP contribution in [0.25, 0.3) is 76.1 Å². The Morgan fingerprint density at radius 1 is 0.476 bits per heavy atom. The third-order valence-corrected chi connectivity index (χ3v) is 8.55. The molecule has 0 aromatic heterocycles. The molecule has 8 aromatic rings. The highest BCUT2D eigenvalue weighted by Crippen LogP contribution is 2.48. The first-order chi connectivity index (χ1) is 20.4. The fraction of sp³-hybridized carbons (Fsp3) is 0.0526. The van der Waals surface area contributed by atoms with Gasteiger partial charge in [-0.1, -0.05) is 97.1 Å². The van der Waals surface area contributed by atoms with E-state index in [1.807, 2.05) is 30.3 Å². The molecule has 0 spiro atoms. The van der Waals surface area contributed by atoms with Gasteiger partial charge in [-0.05, 0) is 89.6 Å². The number of fused-ring (bicyclic) bond motifs is 2. The van der Waals surface area contributed by atoms with Crippen LogP contribution in [0, 0.1) is 0 Å². The van der Waals surface area contributed by atoms with Gasteiger partial charge in [-0.15, -0.1) is 0 Å². The lowest BCUT2D eigenvalue weighted by molar-refractivity contribution is -0.137. The summed E-state index contributed by atoms with van der Waals surface area (Å²) in [7, 11) is 1.70. The summed E-state index contributed by atoms with van der Waals surface area (Å²) in [5.41, 5.74) is 3.26. The average Bonchev–Trinajstić information content (AvgIpc) is 3.02. The molecule has 0 atom stereocenters.